The minimum absolute atomic E-state index is 0.107. The van der Waals surface area contributed by atoms with Gasteiger partial charge in [-0.2, -0.15) is 26.3 Å². The quantitative estimate of drug-likeness (QED) is 0.327. The standard InChI is InChI=1S/C23H19F6NO3/c24-22(25,26)16-9-11-19(12-10-16)32-14-17(23(27,28)29)13-31-15-18-5-4-8-21(30-18)33-20-6-2-1-3-7-20/h1-12,17H,13-15H2. The van der Waals surface area contributed by atoms with Crippen LogP contribution in [-0.4, -0.2) is 24.4 Å². The molecular weight excluding hydrogens is 452 g/mol. The molecule has 0 aliphatic carbocycles. The molecule has 176 valence electrons. The summed E-state index contributed by atoms with van der Waals surface area (Å²) in [5, 5.41) is 0. The van der Waals surface area contributed by atoms with Crippen LogP contribution in [0.15, 0.2) is 72.8 Å². The molecule has 10 heteroatoms. The molecule has 1 aromatic heterocycles. The van der Waals surface area contributed by atoms with Gasteiger partial charge in [0.05, 0.1) is 24.5 Å². The molecule has 4 nitrogen and oxygen atoms in total. The summed E-state index contributed by atoms with van der Waals surface area (Å²) in [4.78, 5) is 4.20. The van der Waals surface area contributed by atoms with Crippen LogP contribution in [0.4, 0.5) is 26.3 Å². The highest BCUT2D eigenvalue weighted by molar-refractivity contribution is 5.29. The highest BCUT2D eigenvalue weighted by Gasteiger charge is 2.40. The van der Waals surface area contributed by atoms with Crippen LogP contribution in [-0.2, 0) is 17.5 Å². The lowest BCUT2D eigenvalue weighted by molar-refractivity contribution is -0.196. The van der Waals surface area contributed by atoms with E-state index < -0.39 is 37.0 Å². The van der Waals surface area contributed by atoms with Crippen molar-refractivity contribution >= 4 is 0 Å². The van der Waals surface area contributed by atoms with Crippen LogP contribution in [0, 0.1) is 5.92 Å². The van der Waals surface area contributed by atoms with Crippen molar-refractivity contribution in [3.63, 3.8) is 0 Å². The van der Waals surface area contributed by atoms with Crippen molar-refractivity contribution in [2.45, 2.75) is 19.0 Å². The molecule has 3 aromatic rings. The number of nitrogens with zero attached hydrogens (tertiary/aromatic N) is 1. The van der Waals surface area contributed by atoms with E-state index in [-0.39, 0.29) is 18.2 Å². The monoisotopic (exact) mass is 471 g/mol. The maximum Gasteiger partial charge on any atom is 0.416 e. The summed E-state index contributed by atoms with van der Waals surface area (Å²) in [5.41, 5.74) is -0.551. The zero-order valence-electron chi connectivity index (χ0n) is 17.1. The van der Waals surface area contributed by atoms with Gasteiger partial charge in [0.2, 0.25) is 5.88 Å². The van der Waals surface area contributed by atoms with Gasteiger partial charge < -0.3 is 14.2 Å². The second kappa shape index (κ2) is 10.6. The van der Waals surface area contributed by atoms with E-state index in [2.05, 4.69) is 4.98 Å². The van der Waals surface area contributed by atoms with Crippen molar-refractivity contribution in [3.8, 4) is 17.4 Å². The predicted octanol–water partition coefficient (Wildman–Crippen LogP) is 6.67. The van der Waals surface area contributed by atoms with E-state index in [1.807, 2.05) is 6.07 Å². The lowest BCUT2D eigenvalue weighted by Gasteiger charge is -2.21. The maximum absolute atomic E-state index is 13.3. The summed E-state index contributed by atoms with van der Waals surface area (Å²) >= 11 is 0. The van der Waals surface area contributed by atoms with Crippen LogP contribution >= 0.6 is 0 Å². The largest absolute Gasteiger partial charge is 0.493 e. The first kappa shape index (κ1) is 24.4. The number of hydrogen-bond acceptors (Lipinski definition) is 4. The Morgan fingerprint density at radius 2 is 1.42 bits per heavy atom. The number of halogens is 6. The van der Waals surface area contributed by atoms with Gasteiger partial charge in [-0.15, -0.1) is 0 Å². The zero-order chi connectivity index (χ0) is 23.9. The van der Waals surface area contributed by atoms with Crippen LogP contribution in [0.1, 0.15) is 11.3 Å². The van der Waals surface area contributed by atoms with Crippen molar-refractivity contribution in [2.24, 2.45) is 5.92 Å². The summed E-state index contributed by atoms with van der Waals surface area (Å²) in [7, 11) is 0. The number of alkyl halides is 6. The van der Waals surface area contributed by atoms with E-state index in [1.54, 1.807) is 42.5 Å². The van der Waals surface area contributed by atoms with E-state index >= 15 is 0 Å². The molecule has 1 atom stereocenters. The van der Waals surface area contributed by atoms with Crippen LogP contribution in [0.5, 0.6) is 17.4 Å². The van der Waals surface area contributed by atoms with Gasteiger partial charge in [-0.25, -0.2) is 4.98 Å². The fraction of sp³-hybridized carbons (Fsp3) is 0.261. The molecule has 1 unspecified atom stereocenters. The third-order valence-electron chi connectivity index (χ3n) is 4.41. The molecule has 1 heterocycles. The fourth-order valence-corrected chi connectivity index (χ4v) is 2.68. The van der Waals surface area contributed by atoms with Crippen LogP contribution in [0.2, 0.25) is 0 Å². The molecule has 0 N–H and O–H groups in total. The first-order chi connectivity index (χ1) is 15.6. The van der Waals surface area contributed by atoms with Crippen molar-refractivity contribution in [1.29, 1.82) is 0 Å². The Morgan fingerprint density at radius 3 is 2.06 bits per heavy atom. The van der Waals surface area contributed by atoms with Gasteiger partial charge in [-0.1, -0.05) is 24.3 Å². The molecular formula is C23H19F6NO3. The van der Waals surface area contributed by atoms with Crippen LogP contribution in [0.25, 0.3) is 0 Å². The average molecular weight is 471 g/mol. The van der Waals surface area contributed by atoms with Crippen molar-refractivity contribution < 1.29 is 40.6 Å². The van der Waals surface area contributed by atoms with Crippen LogP contribution in [0.3, 0.4) is 0 Å². The number of benzene rings is 2. The van der Waals surface area contributed by atoms with Gasteiger partial charge in [0.15, 0.2) is 0 Å². The van der Waals surface area contributed by atoms with Gasteiger partial charge in [-0.05, 0) is 42.5 Å². The van der Waals surface area contributed by atoms with E-state index in [9.17, 15) is 26.3 Å². The summed E-state index contributed by atoms with van der Waals surface area (Å²) in [5.74, 6) is -1.27. The number of rotatable bonds is 9. The number of hydrogen-bond donors (Lipinski definition) is 0. The number of aromatic nitrogens is 1. The van der Waals surface area contributed by atoms with Gasteiger partial charge in [0, 0.05) is 6.07 Å². The van der Waals surface area contributed by atoms with E-state index in [4.69, 9.17) is 14.2 Å². The topological polar surface area (TPSA) is 40.6 Å². The van der Waals surface area contributed by atoms with Gasteiger partial charge in [0.1, 0.15) is 24.0 Å². The average Bonchev–Trinajstić information content (AvgIpc) is 2.76. The van der Waals surface area contributed by atoms with Gasteiger partial charge in [-0.3, -0.25) is 0 Å². The van der Waals surface area contributed by atoms with Crippen molar-refractivity contribution in [2.75, 3.05) is 13.2 Å². The minimum atomic E-state index is -4.63. The van der Waals surface area contributed by atoms with Gasteiger partial charge in [0.25, 0.3) is 0 Å². The second-order valence-corrected chi connectivity index (χ2v) is 6.97. The van der Waals surface area contributed by atoms with Crippen molar-refractivity contribution in [1.82, 2.24) is 4.98 Å². The maximum atomic E-state index is 13.3. The molecule has 0 aliphatic rings. The number of pyridine rings is 1. The summed E-state index contributed by atoms with van der Waals surface area (Å²) in [6, 6.07) is 17.1. The minimum Gasteiger partial charge on any atom is -0.493 e. The highest BCUT2D eigenvalue weighted by Crippen LogP contribution is 2.31. The molecule has 0 saturated carbocycles. The SMILES string of the molecule is FC(F)(F)c1ccc(OCC(COCc2cccc(Oc3ccccc3)n2)C(F)(F)F)cc1. The van der Waals surface area contributed by atoms with E-state index in [0.29, 0.717) is 11.4 Å². The van der Waals surface area contributed by atoms with E-state index in [1.165, 1.54) is 0 Å². The summed E-state index contributed by atoms with van der Waals surface area (Å²) < 4.78 is 93.6. The lowest BCUT2D eigenvalue weighted by Crippen LogP contribution is -2.32. The molecule has 0 aliphatic heterocycles. The summed E-state index contributed by atoms with van der Waals surface area (Å²) in [6.07, 6.45) is -9.17. The zero-order valence-corrected chi connectivity index (χ0v) is 17.1. The Hall–Kier alpha value is -3.27. The smallest absolute Gasteiger partial charge is 0.416 e. The molecule has 2 aromatic carbocycles. The first-order valence-electron chi connectivity index (χ1n) is 9.74. The molecule has 0 radical (unpaired) electrons. The predicted molar refractivity (Wildman–Crippen MR) is 107 cm³/mol. The lowest BCUT2D eigenvalue weighted by atomic mass is 10.1. The number of ether oxygens (including phenoxy) is 3. The Balaban J connectivity index is 1.53. The normalized spacial score (nSPS) is 12.9. The molecule has 3 rings (SSSR count). The molecule has 0 amide bonds. The Bertz CT molecular complexity index is 1010. The van der Waals surface area contributed by atoms with Gasteiger partial charge >= 0.3 is 12.4 Å². The Morgan fingerprint density at radius 1 is 0.727 bits per heavy atom. The Labute approximate surface area is 185 Å². The molecule has 0 spiro atoms. The number of para-hydroxylation sites is 1. The Kier molecular flexibility index (Phi) is 7.80. The fourth-order valence-electron chi connectivity index (χ4n) is 2.68. The molecule has 0 saturated heterocycles. The van der Waals surface area contributed by atoms with E-state index in [0.717, 1.165) is 24.3 Å². The van der Waals surface area contributed by atoms with Crippen LogP contribution < -0.4 is 9.47 Å². The second-order valence-electron chi connectivity index (χ2n) is 6.97. The summed E-state index contributed by atoms with van der Waals surface area (Å²) in [6.45, 7) is -1.71. The molecule has 0 bridgehead atoms. The molecule has 33 heavy (non-hydrogen) atoms. The third-order valence-corrected chi connectivity index (χ3v) is 4.41. The third kappa shape index (κ3) is 7.67. The van der Waals surface area contributed by atoms with Crippen molar-refractivity contribution in [3.05, 3.63) is 84.1 Å². The highest BCUT2D eigenvalue weighted by atomic mass is 19.4. The molecule has 0 fully saturated rings. The first-order valence-corrected chi connectivity index (χ1v) is 9.74.